The van der Waals surface area contributed by atoms with Gasteiger partial charge in [0.25, 0.3) is 0 Å². The summed E-state index contributed by atoms with van der Waals surface area (Å²) < 4.78 is 0. The number of aliphatic hydroxyl groups excluding tert-OH is 1. The third-order valence-electron chi connectivity index (χ3n) is 2.99. The van der Waals surface area contributed by atoms with Crippen LogP contribution in [0.4, 0.5) is 4.79 Å². The maximum atomic E-state index is 11.6. The Labute approximate surface area is 114 Å². The number of amides is 2. The molecular weight excluding hydrogens is 248 g/mol. The van der Waals surface area contributed by atoms with Crippen LogP contribution in [0, 0.1) is 5.92 Å². The molecular formula is C13H26N2O4. The summed E-state index contributed by atoms with van der Waals surface area (Å²) in [6.45, 7) is 4.72. The van der Waals surface area contributed by atoms with Crippen molar-refractivity contribution < 1.29 is 19.8 Å². The van der Waals surface area contributed by atoms with E-state index in [1.54, 1.807) is 14.0 Å². The molecule has 2 amide bonds. The van der Waals surface area contributed by atoms with E-state index in [-0.39, 0.29) is 18.4 Å². The molecule has 6 nitrogen and oxygen atoms in total. The summed E-state index contributed by atoms with van der Waals surface area (Å²) in [4.78, 5) is 23.6. The van der Waals surface area contributed by atoms with Crippen LogP contribution >= 0.6 is 0 Å². The summed E-state index contributed by atoms with van der Waals surface area (Å²) in [5, 5.41) is 20.5. The summed E-state index contributed by atoms with van der Waals surface area (Å²) in [6.07, 6.45) is 1.71. The van der Waals surface area contributed by atoms with Gasteiger partial charge in [-0.05, 0) is 32.1 Å². The third kappa shape index (κ3) is 10.3. The Morgan fingerprint density at radius 3 is 2.37 bits per heavy atom. The maximum absolute atomic E-state index is 11.6. The molecule has 0 spiro atoms. The van der Waals surface area contributed by atoms with Crippen LogP contribution in [0.25, 0.3) is 0 Å². The molecule has 0 saturated heterocycles. The minimum absolute atomic E-state index is 0.161. The van der Waals surface area contributed by atoms with Gasteiger partial charge in [0.2, 0.25) is 0 Å². The molecule has 0 aromatic rings. The highest BCUT2D eigenvalue weighted by Gasteiger charge is 2.10. The minimum atomic E-state index is -0.784. The van der Waals surface area contributed by atoms with Crippen molar-refractivity contribution in [3.05, 3.63) is 0 Å². The lowest BCUT2D eigenvalue weighted by Gasteiger charge is -2.19. The van der Waals surface area contributed by atoms with Crippen LogP contribution in [0.3, 0.4) is 0 Å². The molecule has 0 rings (SSSR count). The molecule has 0 aliphatic carbocycles. The molecule has 0 bridgehead atoms. The lowest BCUT2D eigenvalue weighted by atomic mass is 10.0. The van der Waals surface area contributed by atoms with Crippen molar-refractivity contribution in [3.63, 3.8) is 0 Å². The van der Waals surface area contributed by atoms with Crippen molar-refractivity contribution >= 4 is 12.0 Å². The molecule has 6 heteroatoms. The number of aliphatic carboxylic acids is 1. The normalized spacial score (nSPS) is 13.7. The number of aliphatic hydroxyl groups is 1. The van der Waals surface area contributed by atoms with Crippen molar-refractivity contribution in [1.29, 1.82) is 0 Å². The summed E-state index contributed by atoms with van der Waals surface area (Å²) in [6, 6.07) is -0.161. The van der Waals surface area contributed by atoms with Crippen LogP contribution in [-0.4, -0.2) is 53.4 Å². The lowest BCUT2D eigenvalue weighted by molar-refractivity contribution is -0.137. The molecule has 3 N–H and O–H groups in total. The fraction of sp³-hybridized carbons (Fsp3) is 0.846. The minimum Gasteiger partial charge on any atom is -0.481 e. The van der Waals surface area contributed by atoms with Gasteiger partial charge in [0.1, 0.15) is 0 Å². The van der Waals surface area contributed by atoms with E-state index in [9.17, 15) is 9.59 Å². The van der Waals surface area contributed by atoms with Gasteiger partial charge in [0.15, 0.2) is 0 Å². The SMILES string of the molecule is CC(O)CCN(C)C(=O)NCCC(C)CCC(=O)O. The van der Waals surface area contributed by atoms with E-state index >= 15 is 0 Å². The van der Waals surface area contributed by atoms with Crippen LogP contribution in [-0.2, 0) is 4.79 Å². The fourth-order valence-corrected chi connectivity index (χ4v) is 1.56. The van der Waals surface area contributed by atoms with Crippen molar-refractivity contribution in [3.8, 4) is 0 Å². The monoisotopic (exact) mass is 274 g/mol. The van der Waals surface area contributed by atoms with Gasteiger partial charge in [-0.25, -0.2) is 4.79 Å². The number of nitrogens with zero attached hydrogens (tertiary/aromatic N) is 1. The van der Waals surface area contributed by atoms with Gasteiger partial charge >= 0.3 is 12.0 Å². The topological polar surface area (TPSA) is 89.9 Å². The number of carboxylic acids is 1. The number of carbonyl (C=O) groups is 2. The fourth-order valence-electron chi connectivity index (χ4n) is 1.56. The quantitative estimate of drug-likeness (QED) is 0.591. The number of hydrogen-bond acceptors (Lipinski definition) is 3. The number of carboxylic acid groups (broad SMARTS) is 1. The van der Waals surface area contributed by atoms with Crippen molar-refractivity contribution in [2.24, 2.45) is 5.92 Å². The number of rotatable bonds is 9. The van der Waals surface area contributed by atoms with E-state index < -0.39 is 12.1 Å². The summed E-state index contributed by atoms with van der Waals surface area (Å²) in [5.74, 6) is -0.507. The smallest absolute Gasteiger partial charge is 0.317 e. The highest BCUT2D eigenvalue weighted by molar-refractivity contribution is 5.73. The molecule has 0 aliphatic heterocycles. The van der Waals surface area contributed by atoms with Crippen LogP contribution in [0.15, 0.2) is 0 Å². The van der Waals surface area contributed by atoms with Gasteiger partial charge in [-0.1, -0.05) is 6.92 Å². The van der Waals surface area contributed by atoms with Gasteiger partial charge in [-0.15, -0.1) is 0 Å². The third-order valence-corrected chi connectivity index (χ3v) is 2.99. The molecule has 112 valence electrons. The van der Waals surface area contributed by atoms with Crippen LogP contribution < -0.4 is 5.32 Å². The molecule has 2 unspecified atom stereocenters. The molecule has 2 atom stereocenters. The Morgan fingerprint density at radius 2 is 1.84 bits per heavy atom. The standard InChI is InChI=1S/C13H26N2O4/c1-10(4-5-12(17)18)6-8-14-13(19)15(3)9-7-11(2)16/h10-11,16H,4-9H2,1-3H3,(H,14,19)(H,17,18). The van der Waals surface area contributed by atoms with Crippen molar-refractivity contribution in [2.75, 3.05) is 20.1 Å². The lowest BCUT2D eigenvalue weighted by Crippen LogP contribution is -2.39. The summed E-state index contributed by atoms with van der Waals surface area (Å²) in [7, 11) is 1.69. The van der Waals surface area contributed by atoms with E-state index in [0.29, 0.717) is 25.9 Å². The number of carbonyl (C=O) groups excluding carboxylic acids is 1. The predicted molar refractivity (Wildman–Crippen MR) is 73.0 cm³/mol. The molecule has 0 aromatic heterocycles. The van der Waals surface area contributed by atoms with E-state index in [1.807, 2.05) is 6.92 Å². The van der Waals surface area contributed by atoms with Crippen LogP contribution in [0.2, 0.25) is 0 Å². The molecule has 0 radical (unpaired) electrons. The highest BCUT2D eigenvalue weighted by Crippen LogP contribution is 2.09. The van der Waals surface area contributed by atoms with E-state index in [2.05, 4.69) is 5.32 Å². The van der Waals surface area contributed by atoms with Crippen molar-refractivity contribution in [1.82, 2.24) is 10.2 Å². The molecule has 0 heterocycles. The average Bonchev–Trinajstić information content (AvgIpc) is 2.33. The first-order chi connectivity index (χ1) is 8.82. The summed E-state index contributed by atoms with van der Waals surface area (Å²) >= 11 is 0. The van der Waals surface area contributed by atoms with Gasteiger partial charge in [0, 0.05) is 26.6 Å². The second kappa shape index (κ2) is 9.61. The largest absolute Gasteiger partial charge is 0.481 e. The van der Waals surface area contributed by atoms with Crippen LogP contribution in [0.1, 0.15) is 39.5 Å². The predicted octanol–water partition coefficient (Wildman–Crippen LogP) is 1.29. The maximum Gasteiger partial charge on any atom is 0.317 e. The van der Waals surface area contributed by atoms with Crippen LogP contribution in [0.5, 0.6) is 0 Å². The van der Waals surface area contributed by atoms with Gasteiger partial charge < -0.3 is 20.4 Å². The Bertz CT molecular complexity index is 282. The Kier molecular flexibility index (Phi) is 8.95. The first-order valence-corrected chi connectivity index (χ1v) is 6.71. The molecule has 19 heavy (non-hydrogen) atoms. The number of urea groups is 1. The van der Waals surface area contributed by atoms with Gasteiger partial charge in [-0.2, -0.15) is 0 Å². The van der Waals surface area contributed by atoms with Crippen molar-refractivity contribution in [2.45, 2.75) is 45.6 Å². The van der Waals surface area contributed by atoms with Gasteiger partial charge in [0.05, 0.1) is 6.10 Å². The van der Waals surface area contributed by atoms with E-state index in [1.165, 1.54) is 4.90 Å². The Balaban J connectivity index is 3.69. The van der Waals surface area contributed by atoms with E-state index in [4.69, 9.17) is 10.2 Å². The average molecular weight is 274 g/mol. The second-order valence-corrected chi connectivity index (χ2v) is 5.12. The zero-order valence-electron chi connectivity index (χ0n) is 12.1. The highest BCUT2D eigenvalue weighted by atomic mass is 16.4. The Morgan fingerprint density at radius 1 is 1.21 bits per heavy atom. The molecule has 0 fully saturated rings. The summed E-state index contributed by atoms with van der Waals surface area (Å²) in [5.41, 5.74) is 0. The van der Waals surface area contributed by atoms with Gasteiger partial charge in [-0.3, -0.25) is 4.79 Å². The first-order valence-electron chi connectivity index (χ1n) is 6.71. The first kappa shape index (κ1) is 17.7. The number of hydrogen-bond donors (Lipinski definition) is 3. The zero-order valence-corrected chi connectivity index (χ0v) is 12.1. The second-order valence-electron chi connectivity index (χ2n) is 5.12. The molecule has 0 saturated carbocycles. The Hall–Kier alpha value is -1.30. The number of nitrogens with one attached hydrogen (secondary N) is 1. The van der Waals surface area contributed by atoms with E-state index in [0.717, 1.165) is 6.42 Å². The molecule has 0 aliphatic rings. The zero-order chi connectivity index (χ0) is 14.8. The molecule has 0 aromatic carbocycles.